The summed E-state index contributed by atoms with van der Waals surface area (Å²) in [6.07, 6.45) is 0. The van der Waals surface area contributed by atoms with Crippen molar-refractivity contribution < 1.29 is 13.6 Å². The highest BCUT2D eigenvalue weighted by atomic mass is 35.5. The lowest BCUT2D eigenvalue weighted by atomic mass is 10.1. The molecule has 0 spiro atoms. The summed E-state index contributed by atoms with van der Waals surface area (Å²) >= 11 is 14.1. The molecule has 0 unspecified atom stereocenters. The highest BCUT2D eigenvalue weighted by Crippen LogP contribution is 2.31. The van der Waals surface area contributed by atoms with Gasteiger partial charge in [-0.25, -0.2) is 13.6 Å². The first-order chi connectivity index (χ1) is 16.8. The quantitative estimate of drug-likeness (QED) is 0.257. The van der Waals surface area contributed by atoms with Gasteiger partial charge in [-0.15, -0.1) is 10.2 Å². The molecule has 1 aromatic heterocycles. The summed E-state index contributed by atoms with van der Waals surface area (Å²) in [6, 6.07) is 15.5. The minimum Gasteiger partial charge on any atom is -0.331 e. The van der Waals surface area contributed by atoms with E-state index in [1.807, 2.05) is 31.2 Å². The molecule has 0 bridgehead atoms. The molecule has 0 saturated carbocycles. The maximum atomic E-state index is 13.4. The Hall–Kier alpha value is -3.14. The van der Waals surface area contributed by atoms with Crippen molar-refractivity contribution in [2.75, 3.05) is 5.32 Å². The molecule has 0 radical (unpaired) electrons. The van der Waals surface area contributed by atoms with Crippen molar-refractivity contribution in [3.05, 3.63) is 99.3 Å². The molecule has 1 heterocycles. The zero-order valence-electron chi connectivity index (χ0n) is 18.4. The fraction of sp³-hybridized carbons (Fsp3) is 0.125. The number of urea groups is 1. The molecular weight excluding hydrogens is 515 g/mol. The number of aryl methyl sites for hydroxylation is 1. The van der Waals surface area contributed by atoms with Gasteiger partial charge in [0.2, 0.25) is 0 Å². The number of nitrogens with one attached hydrogen (secondary N) is 2. The maximum absolute atomic E-state index is 13.4. The third-order valence-electron chi connectivity index (χ3n) is 5.05. The van der Waals surface area contributed by atoms with Crippen molar-refractivity contribution in [2.24, 2.45) is 0 Å². The van der Waals surface area contributed by atoms with Crippen molar-refractivity contribution >= 4 is 46.7 Å². The number of halogens is 4. The lowest BCUT2D eigenvalue weighted by molar-refractivity contribution is 0.251. The van der Waals surface area contributed by atoms with Gasteiger partial charge in [-0.05, 0) is 48.4 Å². The molecule has 4 aromatic rings. The summed E-state index contributed by atoms with van der Waals surface area (Å²) < 4.78 is 28.3. The van der Waals surface area contributed by atoms with Gasteiger partial charge in [0.05, 0.1) is 17.3 Å². The normalized spacial score (nSPS) is 10.9. The number of carbonyl (C=O) groups excluding carboxylic acids is 1. The molecule has 180 valence electrons. The Morgan fingerprint density at radius 2 is 1.83 bits per heavy atom. The molecule has 0 saturated heterocycles. The van der Waals surface area contributed by atoms with Crippen LogP contribution in [-0.4, -0.2) is 20.8 Å². The van der Waals surface area contributed by atoms with Gasteiger partial charge in [0.1, 0.15) is 0 Å². The number of hydrogen-bond acceptors (Lipinski definition) is 4. The van der Waals surface area contributed by atoms with E-state index < -0.39 is 17.7 Å². The number of nitrogens with zero attached hydrogens (tertiary/aromatic N) is 3. The van der Waals surface area contributed by atoms with Crippen molar-refractivity contribution in [1.82, 2.24) is 20.1 Å². The Kier molecular flexibility index (Phi) is 7.90. The molecule has 0 atom stereocenters. The van der Waals surface area contributed by atoms with Crippen molar-refractivity contribution in [3.63, 3.8) is 0 Å². The van der Waals surface area contributed by atoms with E-state index in [1.54, 1.807) is 22.8 Å². The lowest BCUT2D eigenvalue weighted by Crippen LogP contribution is -2.29. The van der Waals surface area contributed by atoms with E-state index in [0.717, 1.165) is 23.3 Å². The highest BCUT2D eigenvalue weighted by Gasteiger charge is 2.18. The SMILES string of the molecule is Cc1ccccc1CSc1nnc(CNC(=O)Nc2ccc(F)c(F)c2)n1-c1cc(Cl)ccc1Cl. The van der Waals surface area contributed by atoms with Crippen LogP contribution in [0.25, 0.3) is 5.69 Å². The standard InChI is InChI=1S/C24H19Cl2F2N5OS/c1-14-4-2-3-5-15(14)13-35-24-32-31-22(33(24)21-10-16(25)6-8-18(21)26)12-29-23(34)30-17-7-9-19(27)20(28)11-17/h2-11H,12-13H2,1H3,(H2,29,30,34). The van der Waals surface area contributed by atoms with Crippen LogP contribution in [0, 0.1) is 18.6 Å². The van der Waals surface area contributed by atoms with E-state index in [4.69, 9.17) is 23.2 Å². The molecular formula is C24H19Cl2F2N5OS. The van der Waals surface area contributed by atoms with Crippen LogP contribution in [0.5, 0.6) is 0 Å². The summed E-state index contributed by atoms with van der Waals surface area (Å²) in [4.78, 5) is 12.4. The molecule has 4 rings (SSSR count). The van der Waals surface area contributed by atoms with Crippen LogP contribution in [0.4, 0.5) is 19.3 Å². The number of carbonyl (C=O) groups is 1. The smallest absolute Gasteiger partial charge is 0.319 e. The van der Waals surface area contributed by atoms with E-state index in [2.05, 4.69) is 20.8 Å². The van der Waals surface area contributed by atoms with Crippen LogP contribution in [0.3, 0.4) is 0 Å². The van der Waals surface area contributed by atoms with Gasteiger partial charge in [-0.1, -0.05) is 59.2 Å². The van der Waals surface area contributed by atoms with E-state index in [-0.39, 0.29) is 12.2 Å². The Morgan fingerprint density at radius 3 is 2.60 bits per heavy atom. The second-order valence-electron chi connectivity index (χ2n) is 7.48. The first-order valence-electron chi connectivity index (χ1n) is 10.4. The van der Waals surface area contributed by atoms with E-state index in [0.29, 0.717) is 32.5 Å². The number of amides is 2. The first kappa shape index (κ1) is 25.0. The molecule has 2 N–H and O–H groups in total. The van der Waals surface area contributed by atoms with E-state index in [1.165, 1.54) is 17.8 Å². The van der Waals surface area contributed by atoms with E-state index >= 15 is 0 Å². The Morgan fingerprint density at radius 1 is 1.03 bits per heavy atom. The van der Waals surface area contributed by atoms with Gasteiger partial charge in [0.15, 0.2) is 22.6 Å². The van der Waals surface area contributed by atoms with Gasteiger partial charge >= 0.3 is 6.03 Å². The van der Waals surface area contributed by atoms with Crippen LogP contribution >= 0.6 is 35.0 Å². The Labute approximate surface area is 214 Å². The second-order valence-corrected chi connectivity index (χ2v) is 9.27. The van der Waals surface area contributed by atoms with Crippen LogP contribution in [0.15, 0.2) is 65.8 Å². The molecule has 0 aliphatic heterocycles. The summed E-state index contributed by atoms with van der Waals surface area (Å²) in [6.45, 7) is 2.02. The van der Waals surface area contributed by atoms with E-state index in [9.17, 15) is 13.6 Å². The predicted molar refractivity (Wildman–Crippen MR) is 134 cm³/mol. The average molecular weight is 534 g/mol. The number of aromatic nitrogens is 3. The Balaban J connectivity index is 1.56. The van der Waals surface area contributed by atoms with Crippen LogP contribution < -0.4 is 10.6 Å². The average Bonchev–Trinajstić information content (AvgIpc) is 3.23. The van der Waals surface area contributed by atoms with Crippen molar-refractivity contribution in [3.8, 4) is 5.69 Å². The van der Waals surface area contributed by atoms with Crippen molar-refractivity contribution in [2.45, 2.75) is 24.4 Å². The summed E-state index contributed by atoms with van der Waals surface area (Å²) in [5.41, 5.74) is 2.97. The highest BCUT2D eigenvalue weighted by molar-refractivity contribution is 7.98. The van der Waals surface area contributed by atoms with Crippen molar-refractivity contribution in [1.29, 1.82) is 0 Å². The zero-order valence-corrected chi connectivity index (χ0v) is 20.7. The van der Waals surface area contributed by atoms with Gasteiger partial charge in [-0.3, -0.25) is 4.57 Å². The largest absolute Gasteiger partial charge is 0.331 e. The topological polar surface area (TPSA) is 71.8 Å². The lowest BCUT2D eigenvalue weighted by Gasteiger charge is -2.13. The van der Waals surface area contributed by atoms with Crippen LogP contribution in [0.1, 0.15) is 17.0 Å². The number of anilines is 1. The predicted octanol–water partition coefficient (Wildman–Crippen LogP) is 6.77. The molecule has 2 amide bonds. The molecule has 3 aromatic carbocycles. The van der Waals surface area contributed by atoms with Crippen LogP contribution in [-0.2, 0) is 12.3 Å². The molecule has 0 aliphatic rings. The first-order valence-corrected chi connectivity index (χ1v) is 12.1. The minimum absolute atomic E-state index is 0.0176. The monoisotopic (exact) mass is 533 g/mol. The third kappa shape index (κ3) is 6.11. The summed E-state index contributed by atoms with van der Waals surface area (Å²) in [7, 11) is 0. The second kappa shape index (κ2) is 11.1. The molecule has 6 nitrogen and oxygen atoms in total. The minimum atomic E-state index is -1.06. The summed E-state index contributed by atoms with van der Waals surface area (Å²) in [5, 5.41) is 15.1. The molecule has 0 fully saturated rings. The molecule has 0 aliphatic carbocycles. The number of thioether (sulfide) groups is 1. The fourth-order valence-electron chi connectivity index (χ4n) is 3.23. The third-order valence-corrected chi connectivity index (χ3v) is 6.58. The number of benzene rings is 3. The van der Waals surface area contributed by atoms with Gasteiger partial charge in [-0.2, -0.15) is 0 Å². The maximum Gasteiger partial charge on any atom is 0.319 e. The Bertz CT molecular complexity index is 1380. The zero-order chi connectivity index (χ0) is 24.9. The number of rotatable bonds is 7. The summed E-state index contributed by atoms with van der Waals surface area (Å²) in [5.74, 6) is -1.01. The number of hydrogen-bond donors (Lipinski definition) is 2. The van der Waals surface area contributed by atoms with Gasteiger partial charge < -0.3 is 10.6 Å². The fourth-order valence-corrected chi connectivity index (χ4v) is 4.64. The van der Waals surface area contributed by atoms with Gasteiger partial charge in [0, 0.05) is 22.5 Å². The van der Waals surface area contributed by atoms with Gasteiger partial charge in [0.25, 0.3) is 0 Å². The molecule has 11 heteroatoms. The molecule has 35 heavy (non-hydrogen) atoms. The van der Waals surface area contributed by atoms with Crippen LogP contribution in [0.2, 0.25) is 10.0 Å².